The number of rotatable bonds is 4. The predicted octanol–water partition coefficient (Wildman–Crippen LogP) is -0.724. The molecule has 4 rings (SSSR count). The van der Waals surface area contributed by atoms with Crippen LogP contribution in [0, 0.1) is 0 Å². The molecule has 152 valence electrons. The molecule has 2 fully saturated rings. The number of piperidine rings is 1. The Labute approximate surface area is 161 Å². The van der Waals surface area contributed by atoms with Crippen LogP contribution in [-0.4, -0.2) is 81.0 Å². The van der Waals surface area contributed by atoms with Crippen LogP contribution in [0.2, 0.25) is 0 Å². The highest BCUT2D eigenvalue weighted by Gasteiger charge is 2.45. The fourth-order valence-electron chi connectivity index (χ4n) is 3.95. The van der Waals surface area contributed by atoms with E-state index in [-0.39, 0.29) is 0 Å². The number of benzene rings is 1. The van der Waals surface area contributed by atoms with Gasteiger partial charge in [0.1, 0.15) is 24.4 Å². The largest absolute Gasteiger partial charge is 0.460 e. The second kappa shape index (κ2) is 8.24. The molecule has 5 N–H and O–H groups in total. The van der Waals surface area contributed by atoms with Gasteiger partial charge in [-0.15, -0.1) is 0 Å². The van der Waals surface area contributed by atoms with Crippen molar-refractivity contribution in [2.24, 2.45) is 0 Å². The minimum absolute atomic E-state index is 0.291. The van der Waals surface area contributed by atoms with E-state index in [0.29, 0.717) is 17.2 Å². The molecular formula is C19H25N3O6. The molecule has 28 heavy (non-hydrogen) atoms. The maximum atomic E-state index is 10.3. The summed E-state index contributed by atoms with van der Waals surface area (Å²) >= 11 is 0. The second-order valence-electron chi connectivity index (χ2n) is 7.31. The minimum Gasteiger partial charge on any atom is -0.460 e. The fourth-order valence-corrected chi connectivity index (χ4v) is 3.95. The molecule has 2 aromatic rings. The molecule has 0 aliphatic carbocycles. The van der Waals surface area contributed by atoms with Gasteiger partial charge in [0, 0.05) is 11.9 Å². The van der Waals surface area contributed by atoms with E-state index >= 15 is 0 Å². The Kier molecular flexibility index (Phi) is 5.72. The summed E-state index contributed by atoms with van der Waals surface area (Å²) in [4.78, 5) is 0. The third kappa shape index (κ3) is 3.57. The zero-order valence-corrected chi connectivity index (χ0v) is 15.3. The van der Waals surface area contributed by atoms with Gasteiger partial charge in [0.15, 0.2) is 5.75 Å². The van der Waals surface area contributed by atoms with E-state index in [1.807, 2.05) is 18.2 Å². The van der Waals surface area contributed by atoms with E-state index in [1.54, 1.807) is 0 Å². The van der Waals surface area contributed by atoms with Gasteiger partial charge in [-0.25, -0.2) is 0 Å². The van der Waals surface area contributed by atoms with Crippen LogP contribution in [-0.2, 0) is 4.74 Å². The van der Waals surface area contributed by atoms with E-state index in [0.717, 1.165) is 36.9 Å². The van der Waals surface area contributed by atoms with Crippen molar-refractivity contribution in [3.05, 3.63) is 30.0 Å². The highest BCUT2D eigenvalue weighted by atomic mass is 16.7. The zero-order valence-electron chi connectivity index (χ0n) is 15.3. The van der Waals surface area contributed by atoms with Crippen molar-refractivity contribution in [2.75, 3.05) is 19.7 Å². The van der Waals surface area contributed by atoms with E-state index in [4.69, 9.17) is 9.47 Å². The fraction of sp³-hybridized carbons (Fsp3) is 0.579. The Morgan fingerprint density at radius 1 is 1.18 bits per heavy atom. The van der Waals surface area contributed by atoms with E-state index < -0.39 is 37.3 Å². The van der Waals surface area contributed by atoms with Crippen molar-refractivity contribution >= 4 is 10.9 Å². The quantitative estimate of drug-likeness (QED) is 0.457. The number of hydrogen-bond donors (Lipinski definition) is 5. The summed E-state index contributed by atoms with van der Waals surface area (Å²) < 4.78 is 11.4. The molecule has 9 nitrogen and oxygen atoms in total. The smallest absolute Gasteiger partial charge is 0.229 e. The third-order valence-electron chi connectivity index (χ3n) is 5.49. The number of ether oxygens (including phenoxy) is 2. The summed E-state index contributed by atoms with van der Waals surface area (Å²) in [5, 5.41) is 52.0. The number of aliphatic hydroxyl groups is 4. The standard InChI is InChI=1S/C19H25N3O6/c23-9-14-16(24)17(25)18(26)19(28-14)27-13-8-21-22-12-5-1-4-11(15(12)13)10-3-2-6-20-7-10/h1,4-5,8,10,14,16-20,23-26H,2-3,6-7,9H2/t10-,14+,16+,17+,18+,19+/m0/s1. The van der Waals surface area contributed by atoms with Crippen molar-refractivity contribution in [3.63, 3.8) is 0 Å². The zero-order chi connectivity index (χ0) is 19.7. The molecule has 6 atom stereocenters. The van der Waals surface area contributed by atoms with E-state index in [9.17, 15) is 20.4 Å². The summed E-state index contributed by atoms with van der Waals surface area (Å²) in [7, 11) is 0. The second-order valence-corrected chi connectivity index (χ2v) is 7.31. The molecule has 0 spiro atoms. The van der Waals surface area contributed by atoms with Crippen LogP contribution < -0.4 is 10.1 Å². The molecule has 3 heterocycles. The van der Waals surface area contributed by atoms with Crippen molar-refractivity contribution in [1.82, 2.24) is 15.5 Å². The van der Waals surface area contributed by atoms with Crippen molar-refractivity contribution < 1.29 is 29.9 Å². The highest BCUT2D eigenvalue weighted by Crippen LogP contribution is 2.35. The van der Waals surface area contributed by atoms with Gasteiger partial charge in [-0.05, 0) is 36.9 Å². The number of fused-ring (bicyclic) bond motifs is 1. The first-order chi connectivity index (χ1) is 13.6. The van der Waals surface area contributed by atoms with Crippen molar-refractivity contribution in [3.8, 4) is 5.75 Å². The minimum atomic E-state index is -1.50. The van der Waals surface area contributed by atoms with Crippen LogP contribution in [0.3, 0.4) is 0 Å². The monoisotopic (exact) mass is 391 g/mol. The van der Waals surface area contributed by atoms with Crippen molar-refractivity contribution in [2.45, 2.75) is 49.5 Å². The van der Waals surface area contributed by atoms with Gasteiger partial charge in [-0.1, -0.05) is 12.1 Å². The van der Waals surface area contributed by atoms with Crippen LogP contribution >= 0.6 is 0 Å². The normalized spacial score (nSPS) is 33.7. The average molecular weight is 391 g/mol. The summed E-state index contributed by atoms with van der Waals surface area (Å²) in [5.74, 6) is 0.661. The molecule has 0 radical (unpaired) electrons. The van der Waals surface area contributed by atoms with Crippen LogP contribution in [0.25, 0.3) is 10.9 Å². The SMILES string of the molecule is OC[C@H]1O[C@@H](Oc2cnnc3cccc([C@H]4CCCNC4)c23)[C@H](O)[C@H](O)[C@@H]1O. The van der Waals surface area contributed by atoms with Gasteiger partial charge in [0.25, 0.3) is 0 Å². The topological polar surface area (TPSA) is 137 Å². The lowest BCUT2D eigenvalue weighted by atomic mass is 9.89. The molecule has 2 saturated heterocycles. The summed E-state index contributed by atoms with van der Waals surface area (Å²) in [6.45, 7) is 1.33. The lowest BCUT2D eigenvalue weighted by Gasteiger charge is -2.39. The van der Waals surface area contributed by atoms with Gasteiger partial charge < -0.3 is 35.2 Å². The molecule has 9 heteroatoms. The third-order valence-corrected chi connectivity index (χ3v) is 5.49. The Balaban J connectivity index is 1.68. The number of aliphatic hydroxyl groups excluding tert-OH is 4. The Morgan fingerprint density at radius 3 is 2.79 bits per heavy atom. The first-order valence-electron chi connectivity index (χ1n) is 9.52. The lowest BCUT2D eigenvalue weighted by Crippen LogP contribution is -2.60. The Hall–Kier alpha value is -1.88. The molecule has 2 aliphatic heterocycles. The Morgan fingerprint density at radius 2 is 2.04 bits per heavy atom. The van der Waals surface area contributed by atoms with Gasteiger partial charge >= 0.3 is 0 Å². The van der Waals surface area contributed by atoms with Crippen molar-refractivity contribution in [1.29, 1.82) is 0 Å². The summed E-state index contributed by atoms with van der Waals surface area (Å²) in [6.07, 6.45) is -3.16. The van der Waals surface area contributed by atoms with Gasteiger partial charge in [-0.3, -0.25) is 0 Å². The molecule has 0 saturated carbocycles. The Bertz CT molecular complexity index is 808. The molecule has 1 aromatic carbocycles. The van der Waals surface area contributed by atoms with E-state index in [2.05, 4.69) is 15.5 Å². The predicted molar refractivity (Wildman–Crippen MR) is 98.8 cm³/mol. The summed E-state index contributed by atoms with van der Waals surface area (Å²) in [6, 6.07) is 5.79. The van der Waals surface area contributed by atoms with Gasteiger partial charge in [0.05, 0.1) is 18.3 Å². The number of nitrogens with zero attached hydrogens (tertiary/aromatic N) is 2. The number of nitrogens with one attached hydrogen (secondary N) is 1. The maximum absolute atomic E-state index is 10.3. The maximum Gasteiger partial charge on any atom is 0.229 e. The van der Waals surface area contributed by atoms with Crippen LogP contribution in [0.15, 0.2) is 24.4 Å². The molecule has 0 amide bonds. The van der Waals surface area contributed by atoms with Crippen LogP contribution in [0.5, 0.6) is 5.75 Å². The molecule has 1 aromatic heterocycles. The summed E-state index contributed by atoms with van der Waals surface area (Å²) in [5.41, 5.74) is 1.73. The van der Waals surface area contributed by atoms with E-state index in [1.165, 1.54) is 6.20 Å². The average Bonchev–Trinajstić information content (AvgIpc) is 2.74. The number of hydrogen-bond acceptors (Lipinski definition) is 9. The molecule has 0 unspecified atom stereocenters. The van der Waals surface area contributed by atoms with Crippen LogP contribution in [0.1, 0.15) is 24.3 Å². The molecule has 2 aliphatic rings. The molecule has 0 bridgehead atoms. The first kappa shape index (κ1) is 19.4. The van der Waals surface area contributed by atoms with Gasteiger partial charge in [0.2, 0.25) is 6.29 Å². The first-order valence-corrected chi connectivity index (χ1v) is 9.52. The van der Waals surface area contributed by atoms with Crippen LogP contribution in [0.4, 0.5) is 0 Å². The van der Waals surface area contributed by atoms with Gasteiger partial charge in [-0.2, -0.15) is 10.2 Å². The molecular weight excluding hydrogens is 366 g/mol. The highest BCUT2D eigenvalue weighted by molar-refractivity contribution is 5.88. The lowest BCUT2D eigenvalue weighted by molar-refractivity contribution is -0.277. The number of aromatic nitrogens is 2.